The maximum atomic E-state index is 13.6. The highest BCUT2D eigenvalue weighted by Gasteiger charge is 2.10. The van der Waals surface area contributed by atoms with Gasteiger partial charge < -0.3 is 11.1 Å². The molecule has 0 fully saturated rings. The molecule has 0 saturated heterocycles. The van der Waals surface area contributed by atoms with Gasteiger partial charge in [0, 0.05) is 23.6 Å². The van der Waals surface area contributed by atoms with Gasteiger partial charge in [0.2, 0.25) is 0 Å². The zero-order valence-corrected chi connectivity index (χ0v) is 11.8. The standard InChI is InChI=1S/C12H14BrFN4/c1-7-11(15)12(18(2)17-7)16-6-8-5-9(13)3-4-10(8)14/h3-5,16H,6,15H2,1-2H3. The molecule has 6 heteroatoms. The number of benzene rings is 1. The number of aryl methyl sites for hydroxylation is 2. The van der Waals surface area contributed by atoms with E-state index in [1.807, 2.05) is 6.92 Å². The molecule has 0 aliphatic heterocycles. The van der Waals surface area contributed by atoms with Crippen LogP contribution >= 0.6 is 15.9 Å². The van der Waals surface area contributed by atoms with E-state index in [9.17, 15) is 4.39 Å². The molecule has 1 aromatic heterocycles. The van der Waals surface area contributed by atoms with Gasteiger partial charge in [-0.05, 0) is 25.1 Å². The minimum atomic E-state index is -0.247. The topological polar surface area (TPSA) is 55.9 Å². The minimum absolute atomic E-state index is 0.247. The fraction of sp³-hybridized carbons (Fsp3) is 0.250. The summed E-state index contributed by atoms with van der Waals surface area (Å²) < 4.78 is 16.1. The molecule has 1 heterocycles. The molecule has 96 valence electrons. The fourth-order valence-electron chi connectivity index (χ4n) is 1.74. The first kappa shape index (κ1) is 12.9. The number of nitrogens with two attached hydrogens (primary N) is 1. The van der Waals surface area contributed by atoms with Crippen LogP contribution in [-0.4, -0.2) is 9.78 Å². The third-order valence-corrected chi connectivity index (χ3v) is 3.22. The van der Waals surface area contributed by atoms with Crippen LogP contribution in [0.5, 0.6) is 0 Å². The lowest BCUT2D eigenvalue weighted by atomic mass is 10.2. The van der Waals surface area contributed by atoms with Crippen molar-refractivity contribution in [1.82, 2.24) is 9.78 Å². The van der Waals surface area contributed by atoms with Crippen LogP contribution in [0, 0.1) is 12.7 Å². The Hall–Kier alpha value is -1.56. The SMILES string of the molecule is Cc1nn(C)c(NCc2cc(Br)ccc2F)c1N. The number of nitrogens with one attached hydrogen (secondary N) is 1. The smallest absolute Gasteiger partial charge is 0.148 e. The Morgan fingerprint density at radius 3 is 2.83 bits per heavy atom. The summed E-state index contributed by atoms with van der Waals surface area (Å²) in [6.45, 7) is 2.19. The number of nitrogen functional groups attached to an aromatic ring is 1. The van der Waals surface area contributed by atoms with Gasteiger partial charge in [-0.25, -0.2) is 4.39 Å². The second-order valence-electron chi connectivity index (χ2n) is 4.06. The predicted octanol–water partition coefficient (Wildman–Crippen LogP) is 2.82. The monoisotopic (exact) mass is 312 g/mol. The maximum absolute atomic E-state index is 13.6. The van der Waals surface area contributed by atoms with Gasteiger partial charge in [-0.15, -0.1) is 0 Å². The molecule has 3 N–H and O–H groups in total. The van der Waals surface area contributed by atoms with Gasteiger partial charge in [0.25, 0.3) is 0 Å². The lowest BCUT2D eigenvalue weighted by molar-refractivity contribution is 0.612. The number of hydrogen-bond acceptors (Lipinski definition) is 3. The molecule has 2 aromatic rings. The lowest BCUT2D eigenvalue weighted by Crippen LogP contribution is -2.07. The number of aromatic nitrogens is 2. The third-order valence-electron chi connectivity index (χ3n) is 2.72. The van der Waals surface area contributed by atoms with Crippen LogP contribution in [0.15, 0.2) is 22.7 Å². The average Bonchev–Trinajstić information content (AvgIpc) is 2.55. The first-order valence-electron chi connectivity index (χ1n) is 5.46. The summed E-state index contributed by atoms with van der Waals surface area (Å²) in [5, 5.41) is 7.29. The van der Waals surface area contributed by atoms with Gasteiger partial charge in [-0.3, -0.25) is 4.68 Å². The summed E-state index contributed by atoms with van der Waals surface area (Å²) in [5.41, 5.74) is 7.81. The zero-order chi connectivity index (χ0) is 13.3. The van der Waals surface area contributed by atoms with Crippen molar-refractivity contribution in [2.45, 2.75) is 13.5 Å². The molecular weight excluding hydrogens is 299 g/mol. The number of nitrogens with zero attached hydrogens (tertiary/aromatic N) is 2. The molecule has 0 unspecified atom stereocenters. The van der Waals surface area contributed by atoms with Crippen molar-refractivity contribution in [3.63, 3.8) is 0 Å². The van der Waals surface area contributed by atoms with E-state index in [1.54, 1.807) is 23.9 Å². The average molecular weight is 313 g/mol. The van der Waals surface area contributed by atoms with Gasteiger partial charge >= 0.3 is 0 Å². The Bertz CT molecular complexity index is 580. The van der Waals surface area contributed by atoms with E-state index in [0.29, 0.717) is 23.6 Å². The van der Waals surface area contributed by atoms with Gasteiger partial charge in [0.15, 0.2) is 0 Å². The molecule has 0 atom stereocenters. The van der Waals surface area contributed by atoms with Crippen molar-refractivity contribution in [1.29, 1.82) is 0 Å². The van der Waals surface area contributed by atoms with Crippen molar-refractivity contribution in [3.8, 4) is 0 Å². The Morgan fingerprint density at radius 1 is 1.50 bits per heavy atom. The van der Waals surface area contributed by atoms with Crippen LogP contribution in [0.25, 0.3) is 0 Å². The van der Waals surface area contributed by atoms with Crippen molar-refractivity contribution < 1.29 is 4.39 Å². The Balaban J connectivity index is 2.19. The first-order valence-corrected chi connectivity index (χ1v) is 6.25. The molecule has 0 aliphatic rings. The molecule has 0 saturated carbocycles. The molecule has 0 radical (unpaired) electrons. The van der Waals surface area contributed by atoms with E-state index >= 15 is 0 Å². The van der Waals surface area contributed by atoms with E-state index in [0.717, 1.165) is 10.2 Å². The molecule has 18 heavy (non-hydrogen) atoms. The quantitative estimate of drug-likeness (QED) is 0.916. The highest BCUT2D eigenvalue weighted by atomic mass is 79.9. The Kier molecular flexibility index (Phi) is 3.56. The van der Waals surface area contributed by atoms with Crippen LogP contribution in [-0.2, 0) is 13.6 Å². The molecule has 0 amide bonds. The number of rotatable bonds is 3. The van der Waals surface area contributed by atoms with Gasteiger partial charge in [-0.1, -0.05) is 15.9 Å². The summed E-state index contributed by atoms with van der Waals surface area (Å²) >= 11 is 3.32. The number of halogens is 2. The predicted molar refractivity (Wildman–Crippen MR) is 73.8 cm³/mol. The third kappa shape index (κ3) is 2.48. The van der Waals surface area contributed by atoms with Crippen LogP contribution in [0.4, 0.5) is 15.9 Å². The van der Waals surface area contributed by atoms with Crippen LogP contribution in [0.1, 0.15) is 11.3 Å². The molecular formula is C12H14BrFN4. The Morgan fingerprint density at radius 2 is 2.22 bits per heavy atom. The van der Waals surface area contributed by atoms with Crippen LogP contribution < -0.4 is 11.1 Å². The summed E-state index contributed by atoms with van der Waals surface area (Å²) in [5.74, 6) is 0.454. The summed E-state index contributed by atoms with van der Waals surface area (Å²) in [6.07, 6.45) is 0. The van der Waals surface area contributed by atoms with Crippen molar-refractivity contribution in [3.05, 3.63) is 39.7 Å². The van der Waals surface area contributed by atoms with E-state index in [1.165, 1.54) is 6.07 Å². The molecule has 0 spiro atoms. The van der Waals surface area contributed by atoms with Gasteiger partial charge in [-0.2, -0.15) is 5.10 Å². The second kappa shape index (κ2) is 4.97. The lowest BCUT2D eigenvalue weighted by Gasteiger charge is -2.09. The van der Waals surface area contributed by atoms with E-state index in [2.05, 4.69) is 26.3 Å². The molecule has 4 nitrogen and oxygen atoms in total. The molecule has 0 aliphatic carbocycles. The maximum Gasteiger partial charge on any atom is 0.148 e. The zero-order valence-electron chi connectivity index (χ0n) is 10.2. The van der Waals surface area contributed by atoms with E-state index in [-0.39, 0.29) is 5.82 Å². The largest absolute Gasteiger partial charge is 0.394 e. The van der Waals surface area contributed by atoms with Crippen molar-refractivity contribution >= 4 is 27.4 Å². The molecule has 0 bridgehead atoms. The van der Waals surface area contributed by atoms with E-state index < -0.39 is 0 Å². The second-order valence-corrected chi connectivity index (χ2v) is 4.98. The van der Waals surface area contributed by atoms with E-state index in [4.69, 9.17) is 5.73 Å². The van der Waals surface area contributed by atoms with Crippen LogP contribution in [0.2, 0.25) is 0 Å². The summed E-state index contributed by atoms with van der Waals surface area (Å²) in [4.78, 5) is 0. The Labute approximate surface area is 113 Å². The van der Waals surface area contributed by atoms with Crippen molar-refractivity contribution in [2.24, 2.45) is 7.05 Å². The number of anilines is 2. The fourth-order valence-corrected chi connectivity index (χ4v) is 2.15. The summed E-state index contributed by atoms with van der Waals surface area (Å²) in [6, 6.07) is 4.84. The van der Waals surface area contributed by atoms with Gasteiger partial charge in [0.1, 0.15) is 11.6 Å². The summed E-state index contributed by atoms with van der Waals surface area (Å²) in [7, 11) is 1.79. The molecule has 2 rings (SSSR count). The highest BCUT2D eigenvalue weighted by Crippen LogP contribution is 2.22. The molecule has 1 aromatic carbocycles. The van der Waals surface area contributed by atoms with Crippen molar-refractivity contribution in [2.75, 3.05) is 11.1 Å². The number of hydrogen-bond donors (Lipinski definition) is 2. The van der Waals surface area contributed by atoms with Gasteiger partial charge in [0.05, 0.1) is 11.4 Å². The normalized spacial score (nSPS) is 10.7. The first-order chi connectivity index (χ1) is 8.49. The van der Waals surface area contributed by atoms with Crippen LogP contribution in [0.3, 0.4) is 0 Å². The minimum Gasteiger partial charge on any atom is -0.394 e. The highest BCUT2D eigenvalue weighted by molar-refractivity contribution is 9.10.